The standard InChI is InChI=1S/C27H24F4N6O4/c1-35-24(40)26(37(25(35)41)15-16-2-5-20-21(12-16)33-9-8-32-20)6-10-36(11-7-26)22(38)14-34-23(39)18-13-17(27(29,30)31)3-4-19(18)28/h2-5,8-9,12-13H,6-7,10-11,14-15H2,1H3,(H,34,39). The van der Waals surface area contributed by atoms with Gasteiger partial charge in [-0.1, -0.05) is 6.07 Å². The van der Waals surface area contributed by atoms with Gasteiger partial charge in [-0.05, 0) is 48.7 Å². The van der Waals surface area contributed by atoms with E-state index in [1.54, 1.807) is 30.6 Å². The molecule has 0 unspecified atom stereocenters. The number of carbonyl (C=O) groups excluding carboxylic acids is 4. The Kier molecular flexibility index (Phi) is 7.09. The fourth-order valence-corrected chi connectivity index (χ4v) is 5.24. The predicted octanol–water partition coefficient (Wildman–Crippen LogP) is 2.97. The van der Waals surface area contributed by atoms with E-state index in [-0.39, 0.29) is 38.4 Å². The van der Waals surface area contributed by atoms with E-state index in [1.165, 1.54) is 16.8 Å². The number of urea groups is 1. The van der Waals surface area contributed by atoms with E-state index in [9.17, 15) is 36.7 Å². The van der Waals surface area contributed by atoms with E-state index in [1.807, 2.05) is 0 Å². The average molecular weight is 573 g/mol. The summed E-state index contributed by atoms with van der Waals surface area (Å²) in [6.45, 7) is -0.289. The van der Waals surface area contributed by atoms with Gasteiger partial charge in [-0.2, -0.15) is 13.2 Å². The minimum atomic E-state index is -4.77. The normalized spacial score (nSPS) is 17.0. The number of rotatable bonds is 5. The lowest BCUT2D eigenvalue weighted by Crippen LogP contribution is -2.57. The fraction of sp³-hybridized carbons (Fsp3) is 0.333. The molecule has 3 aromatic rings. The molecule has 0 radical (unpaired) electrons. The van der Waals surface area contributed by atoms with Crippen molar-refractivity contribution in [2.45, 2.75) is 31.1 Å². The largest absolute Gasteiger partial charge is 0.416 e. The first-order valence-electron chi connectivity index (χ1n) is 12.6. The third-order valence-electron chi connectivity index (χ3n) is 7.49. The summed E-state index contributed by atoms with van der Waals surface area (Å²) in [5.74, 6) is -3.27. The van der Waals surface area contributed by atoms with Gasteiger partial charge >= 0.3 is 12.2 Å². The number of likely N-dealkylation sites (tertiary alicyclic amines) is 1. The molecule has 5 amide bonds. The van der Waals surface area contributed by atoms with Crippen LogP contribution in [0.4, 0.5) is 22.4 Å². The number of nitrogens with zero attached hydrogens (tertiary/aromatic N) is 5. The number of hydrogen-bond donors (Lipinski definition) is 1. The Bertz CT molecular complexity index is 1550. The van der Waals surface area contributed by atoms with E-state index >= 15 is 0 Å². The van der Waals surface area contributed by atoms with Crippen molar-refractivity contribution in [2.24, 2.45) is 0 Å². The number of hydrogen-bond acceptors (Lipinski definition) is 6. The summed E-state index contributed by atoms with van der Waals surface area (Å²) >= 11 is 0. The maximum Gasteiger partial charge on any atom is 0.416 e. The number of imide groups is 1. The minimum absolute atomic E-state index is 0.0825. The molecule has 2 aromatic carbocycles. The maximum absolute atomic E-state index is 14.0. The number of nitrogens with one attached hydrogen (secondary N) is 1. The first kappa shape index (κ1) is 27.9. The molecule has 1 N–H and O–H groups in total. The highest BCUT2D eigenvalue weighted by atomic mass is 19.4. The molecule has 2 fully saturated rings. The summed E-state index contributed by atoms with van der Waals surface area (Å²) in [4.78, 5) is 63.9. The molecule has 1 spiro atoms. The van der Waals surface area contributed by atoms with Crippen molar-refractivity contribution < 1.29 is 36.7 Å². The van der Waals surface area contributed by atoms with E-state index < -0.39 is 53.0 Å². The highest BCUT2D eigenvalue weighted by Gasteiger charge is 2.57. The first-order chi connectivity index (χ1) is 19.4. The van der Waals surface area contributed by atoms with Crippen LogP contribution in [0, 0.1) is 5.82 Å². The zero-order chi connectivity index (χ0) is 29.5. The maximum atomic E-state index is 14.0. The molecule has 2 saturated heterocycles. The van der Waals surface area contributed by atoms with Gasteiger partial charge in [-0.3, -0.25) is 29.3 Å². The highest BCUT2D eigenvalue weighted by molar-refractivity contribution is 6.07. The number of fused-ring (bicyclic) bond motifs is 1. The lowest BCUT2D eigenvalue weighted by molar-refractivity contribution is -0.140. The minimum Gasteiger partial charge on any atom is -0.343 e. The molecule has 5 rings (SSSR count). The zero-order valence-corrected chi connectivity index (χ0v) is 21.7. The Labute approximate surface area is 230 Å². The van der Waals surface area contributed by atoms with Gasteiger partial charge in [0.1, 0.15) is 11.4 Å². The van der Waals surface area contributed by atoms with Gasteiger partial charge in [-0.25, -0.2) is 9.18 Å². The molecule has 10 nitrogen and oxygen atoms in total. The molecular weight excluding hydrogens is 548 g/mol. The molecule has 0 atom stereocenters. The van der Waals surface area contributed by atoms with Crippen molar-refractivity contribution in [3.8, 4) is 0 Å². The van der Waals surface area contributed by atoms with Crippen LogP contribution in [-0.2, 0) is 22.3 Å². The molecule has 3 heterocycles. The molecular formula is C27H24F4N6O4. The summed E-state index contributed by atoms with van der Waals surface area (Å²) in [7, 11) is 1.40. The van der Waals surface area contributed by atoms with Gasteiger partial charge in [0.2, 0.25) is 5.91 Å². The van der Waals surface area contributed by atoms with Crippen LogP contribution in [0.25, 0.3) is 11.0 Å². The molecule has 1 aromatic heterocycles. The van der Waals surface area contributed by atoms with Gasteiger partial charge in [0.05, 0.1) is 28.7 Å². The smallest absolute Gasteiger partial charge is 0.343 e. The molecule has 14 heteroatoms. The van der Waals surface area contributed by atoms with Crippen molar-refractivity contribution in [1.82, 2.24) is 30.0 Å². The number of piperidine rings is 1. The van der Waals surface area contributed by atoms with Crippen molar-refractivity contribution in [3.05, 3.63) is 71.3 Å². The SMILES string of the molecule is CN1C(=O)N(Cc2ccc3nccnc3c2)C2(CCN(C(=O)CNC(=O)c3cc(C(F)(F)F)ccc3F)CC2)C1=O. The fourth-order valence-electron chi connectivity index (χ4n) is 5.24. The number of amides is 5. The molecule has 41 heavy (non-hydrogen) atoms. The van der Waals surface area contributed by atoms with Crippen LogP contribution in [-0.4, -0.2) is 80.6 Å². The average Bonchev–Trinajstić information content (AvgIpc) is 3.12. The lowest BCUT2D eigenvalue weighted by atomic mass is 9.85. The van der Waals surface area contributed by atoms with Crippen LogP contribution in [0.2, 0.25) is 0 Å². The second kappa shape index (κ2) is 10.4. The van der Waals surface area contributed by atoms with E-state index in [4.69, 9.17) is 0 Å². The second-order valence-corrected chi connectivity index (χ2v) is 9.90. The number of likely N-dealkylation sites (N-methyl/N-ethyl adjacent to an activating group) is 1. The Morgan fingerprint density at radius 1 is 1.00 bits per heavy atom. The van der Waals surface area contributed by atoms with Gasteiger partial charge < -0.3 is 15.1 Å². The van der Waals surface area contributed by atoms with Crippen LogP contribution in [0.3, 0.4) is 0 Å². The molecule has 2 aliphatic rings. The zero-order valence-electron chi connectivity index (χ0n) is 21.7. The van der Waals surface area contributed by atoms with Crippen LogP contribution >= 0.6 is 0 Å². The van der Waals surface area contributed by atoms with E-state index in [0.717, 1.165) is 10.5 Å². The second-order valence-electron chi connectivity index (χ2n) is 9.90. The number of alkyl halides is 3. The predicted molar refractivity (Wildman–Crippen MR) is 136 cm³/mol. The number of benzene rings is 2. The van der Waals surface area contributed by atoms with Crippen LogP contribution < -0.4 is 5.32 Å². The lowest BCUT2D eigenvalue weighted by Gasteiger charge is -2.42. The molecule has 0 saturated carbocycles. The summed E-state index contributed by atoms with van der Waals surface area (Å²) in [5.41, 5.74) is -1.14. The van der Waals surface area contributed by atoms with Crippen molar-refractivity contribution in [2.75, 3.05) is 26.7 Å². The van der Waals surface area contributed by atoms with Crippen molar-refractivity contribution in [3.63, 3.8) is 0 Å². The van der Waals surface area contributed by atoms with E-state index in [2.05, 4.69) is 15.3 Å². The number of aromatic nitrogens is 2. The Balaban J connectivity index is 1.25. The number of halogens is 4. The Morgan fingerprint density at radius 3 is 2.37 bits per heavy atom. The quantitative estimate of drug-likeness (QED) is 0.371. The highest BCUT2D eigenvalue weighted by Crippen LogP contribution is 2.38. The molecule has 0 aliphatic carbocycles. The van der Waals surface area contributed by atoms with Crippen LogP contribution in [0.1, 0.15) is 34.3 Å². The van der Waals surface area contributed by atoms with Crippen LogP contribution in [0.15, 0.2) is 48.8 Å². The Morgan fingerprint density at radius 2 is 1.68 bits per heavy atom. The third-order valence-corrected chi connectivity index (χ3v) is 7.49. The van der Waals surface area contributed by atoms with Crippen molar-refractivity contribution >= 4 is 34.8 Å². The van der Waals surface area contributed by atoms with Gasteiger partial charge in [0.25, 0.3) is 11.8 Å². The molecule has 0 bridgehead atoms. The van der Waals surface area contributed by atoms with E-state index in [0.29, 0.717) is 29.2 Å². The summed E-state index contributed by atoms with van der Waals surface area (Å²) in [6.07, 6.45) is -1.38. The molecule has 214 valence electrons. The summed E-state index contributed by atoms with van der Waals surface area (Å²) < 4.78 is 52.9. The van der Waals surface area contributed by atoms with Gasteiger partial charge in [0.15, 0.2) is 0 Å². The van der Waals surface area contributed by atoms with Crippen LogP contribution in [0.5, 0.6) is 0 Å². The monoisotopic (exact) mass is 572 g/mol. The third kappa shape index (κ3) is 5.16. The van der Waals surface area contributed by atoms with Gasteiger partial charge in [-0.15, -0.1) is 0 Å². The summed E-state index contributed by atoms with van der Waals surface area (Å²) in [6, 6.07) is 6.34. The van der Waals surface area contributed by atoms with Gasteiger partial charge in [0, 0.05) is 39.1 Å². The summed E-state index contributed by atoms with van der Waals surface area (Å²) in [5, 5.41) is 2.17. The topological polar surface area (TPSA) is 116 Å². The number of carbonyl (C=O) groups is 4. The molecule has 2 aliphatic heterocycles. The van der Waals surface area contributed by atoms with Crippen molar-refractivity contribution in [1.29, 1.82) is 0 Å². The Hall–Kier alpha value is -4.62. The first-order valence-corrected chi connectivity index (χ1v) is 12.6.